The summed E-state index contributed by atoms with van der Waals surface area (Å²) in [7, 11) is 0. The van der Waals surface area contributed by atoms with Gasteiger partial charge in [0.2, 0.25) is 0 Å². The standard InChI is InChI=1S/C34H69NO2/c1-3-5-7-9-11-13-15-17-19-20-22-24-26-28-30-33(32-36)35-34(37)31-29-27-25-23-21-18-16-14-12-10-8-6-4-2/h26,28,33-37H,3-25,27,29-32H2,1-2H3/b28-26+/t33-,34?/m1/s1. The molecule has 0 aliphatic heterocycles. The SMILES string of the molecule is CCCCCCCCCCCCC/C=C/C[C@H](CO)NC(O)CCCCCCCCCCCCCCC. The summed E-state index contributed by atoms with van der Waals surface area (Å²) in [6.45, 7) is 4.64. The summed E-state index contributed by atoms with van der Waals surface area (Å²) in [4.78, 5) is 0. The molecule has 0 saturated heterocycles. The van der Waals surface area contributed by atoms with Gasteiger partial charge in [-0.2, -0.15) is 0 Å². The van der Waals surface area contributed by atoms with Crippen molar-refractivity contribution in [1.29, 1.82) is 0 Å². The molecule has 0 radical (unpaired) electrons. The first-order valence-electron chi connectivity index (χ1n) is 16.9. The summed E-state index contributed by atoms with van der Waals surface area (Å²) in [5.74, 6) is 0. The van der Waals surface area contributed by atoms with Gasteiger partial charge in [0, 0.05) is 6.04 Å². The van der Waals surface area contributed by atoms with Crippen molar-refractivity contribution >= 4 is 0 Å². The third-order valence-corrected chi connectivity index (χ3v) is 7.79. The summed E-state index contributed by atoms with van der Waals surface area (Å²) in [6.07, 6.45) is 39.4. The maximum atomic E-state index is 10.3. The Morgan fingerprint density at radius 2 is 0.892 bits per heavy atom. The van der Waals surface area contributed by atoms with Crippen LogP contribution in [0.25, 0.3) is 0 Å². The molecular weight excluding hydrogens is 454 g/mol. The highest BCUT2D eigenvalue weighted by molar-refractivity contribution is 4.86. The van der Waals surface area contributed by atoms with Crippen LogP contribution >= 0.6 is 0 Å². The molecule has 0 aliphatic carbocycles. The quantitative estimate of drug-likeness (QED) is 0.0481. The van der Waals surface area contributed by atoms with E-state index in [1.165, 1.54) is 148 Å². The lowest BCUT2D eigenvalue weighted by molar-refractivity contribution is 0.0942. The molecule has 2 atom stereocenters. The normalized spacial score (nSPS) is 13.5. The van der Waals surface area contributed by atoms with Crippen LogP contribution in [0.15, 0.2) is 12.2 Å². The van der Waals surface area contributed by atoms with E-state index in [-0.39, 0.29) is 12.6 Å². The molecule has 3 nitrogen and oxygen atoms in total. The topological polar surface area (TPSA) is 52.5 Å². The van der Waals surface area contributed by atoms with Crippen LogP contribution < -0.4 is 5.32 Å². The van der Waals surface area contributed by atoms with Gasteiger partial charge in [-0.25, -0.2) is 0 Å². The molecule has 0 amide bonds. The van der Waals surface area contributed by atoms with Gasteiger partial charge < -0.3 is 10.2 Å². The first kappa shape index (κ1) is 36.6. The molecule has 0 aliphatic rings. The van der Waals surface area contributed by atoms with E-state index in [2.05, 4.69) is 31.3 Å². The Morgan fingerprint density at radius 1 is 0.514 bits per heavy atom. The molecule has 222 valence electrons. The van der Waals surface area contributed by atoms with E-state index >= 15 is 0 Å². The Bertz CT molecular complexity index is 440. The van der Waals surface area contributed by atoms with Crippen molar-refractivity contribution in [1.82, 2.24) is 5.32 Å². The van der Waals surface area contributed by atoms with Crippen LogP contribution in [0.1, 0.15) is 187 Å². The number of aliphatic hydroxyl groups is 2. The van der Waals surface area contributed by atoms with E-state index in [4.69, 9.17) is 0 Å². The Balaban J connectivity index is 3.47. The molecule has 0 fully saturated rings. The number of nitrogens with one attached hydrogen (secondary N) is 1. The maximum absolute atomic E-state index is 10.3. The van der Waals surface area contributed by atoms with Gasteiger partial charge >= 0.3 is 0 Å². The van der Waals surface area contributed by atoms with Crippen LogP contribution in [0.5, 0.6) is 0 Å². The minimum atomic E-state index is -0.495. The van der Waals surface area contributed by atoms with Crippen molar-refractivity contribution in [3.05, 3.63) is 12.2 Å². The van der Waals surface area contributed by atoms with Gasteiger partial charge in [-0.1, -0.05) is 167 Å². The number of aliphatic hydroxyl groups excluding tert-OH is 2. The number of hydrogen-bond acceptors (Lipinski definition) is 3. The van der Waals surface area contributed by atoms with Crippen molar-refractivity contribution in [3.63, 3.8) is 0 Å². The zero-order chi connectivity index (χ0) is 27.1. The molecule has 1 unspecified atom stereocenters. The second-order valence-electron chi connectivity index (χ2n) is 11.6. The van der Waals surface area contributed by atoms with Crippen LogP contribution in [0.2, 0.25) is 0 Å². The largest absolute Gasteiger partial charge is 0.395 e. The summed E-state index contributed by atoms with van der Waals surface area (Å²) in [6, 6.07) is -0.0365. The van der Waals surface area contributed by atoms with Crippen molar-refractivity contribution < 1.29 is 10.2 Å². The summed E-state index contributed by atoms with van der Waals surface area (Å²) in [5, 5.41) is 23.2. The molecule has 37 heavy (non-hydrogen) atoms. The predicted octanol–water partition coefficient (Wildman–Crippen LogP) is 10.4. The lowest BCUT2D eigenvalue weighted by Crippen LogP contribution is -2.40. The van der Waals surface area contributed by atoms with Crippen molar-refractivity contribution in [3.8, 4) is 0 Å². The molecular formula is C34H69NO2. The second-order valence-corrected chi connectivity index (χ2v) is 11.6. The van der Waals surface area contributed by atoms with Crippen molar-refractivity contribution in [2.24, 2.45) is 0 Å². The van der Waals surface area contributed by atoms with Crippen LogP contribution in [0.4, 0.5) is 0 Å². The van der Waals surface area contributed by atoms with Crippen LogP contribution in [0.3, 0.4) is 0 Å². The molecule has 0 spiro atoms. The average molecular weight is 524 g/mol. The predicted molar refractivity (Wildman–Crippen MR) is 165 cm³/mol. The second kappa shape index (κ2) is 31.8. The van der Waals surface area contributed by atoms with Gasteiger partial charge in [-0.05, 0) is 32.1 Å². The van der Waals surface area contributed by atoms with E-state index < -0.39 is 6.23 Å². The van der Waals surface area contributed by atoms with Crippen molar-refractivity contribution in [2.75, 3.05) is 6.61 Å². The molecule has 0 heterocycles. The van der Waals surface area contributed by atoms with Gasteiger partial charge in [0.1, 0.15) is 6.23 Å². The highest BCUT2D eigenvalue weighted by Crippen LogP contribution is 2.14. The number of hydrogen-bond donors (Lipinski definition) is 3. The van der Waals surface area contributed by atoms with E-state index in [0.29, 0.717) is 0 Å². The Morgan fingerprint density at radius 3 is 1.30 bits per heavy atom. The molecule has 0 saturated carbocycles. The molecule has 0 bridgehead atoms. The van der Waals surface area contributed by atoms with E-state index in [1.54, 1.807) is 0 Å². The van der Waals surface area contributed by atoms with E-state index in [0.717, 1.165) is 25.7 Å². The summed E-state index contributed by atoms with van der Waals surface area (Å²) in [5.41, 5.74) is 0. The maximum Gasteiger partial charge on any atom is 0.105 e. The fraction of sp³-hybridized carbons (Fsp3) is 0.941. The number of rotatable bonds is 31. The minimum absolute atomic E-state index is 0.0365. The fourth-order valence-corrected chi connectivity index (χ4v) is 5.21. The van der Waals surface area contributed by atoms with Crippen LogP contribution in [-0.2, 0) is 0 Å². The summed E-state index contributed by atoms with van der Waals surface area (Å²) < 4.78 is 0. The fourth-order valence-electron chi connectivity index (χ4n) is 5.21. The Kier molecular flexibility index (Phi) is 31.5. The van der Waals surface area contributed by atoms with Gasteiger partial charge in [0.15, 0.2) is 0 Å². The van der Waals surface area contributed by atoms with Gasteiger partial charge in [0.05, 0.1) is 6.61 Å². The average Bonchev–Trinajstić information content (AvgIpc) is 2.90. The van der Waals surface area contributed by atoms with Gasteiger partial charge in [-0.15, -0.1) is 0 Å². The first-order chi connectivity index (χ1) is 18.2. The Hall–Kier alpha value is -0.380. The number of allylic oxidation sites excluding steroid dienone is 1. The lowest BCUT2D eigenvalue weighted by Gasteiger charge is -2.19. The van der Waals surface area contributed by atoms with Crippen LogP contribution in [0, 0.1) is 0 Å². The lowest BCUT2D eigenvalue weighted by atomic mass is 10.0. The van der Waals surface area contributed by atoms with E-state index in [9.17, 15) is 10.2 Å². The highest BCUT2D eigenvalue weighted by Gasteiger charge is 2.10. The first-order valence-corrected chi connectivity index (χ1v) is 16.9. The third kappa shape index (κ3) is 30.0. The zero-order valence-corrected chi connectivity index (χ0v) is 25.5. The molecule has 3 N–H and O–H groups in total. The monoisotopic (exact) mass is 524 g/mol. The highest BCUT2D eigenvalue weighted by atomic mass is 16.3. The molecule has 0 aromatic rings. The summed E-state index contributed by atoms with van der Waals surface area (Å²) >= 11 is 0. The van der Waals surface area contributed by atoms with Crippen LogP contribution in [-0.4, -0.2) is 29.1 Å². The number of unbranched alkanes of at least 4 members (excludes halogenated alkanes) is 23. The molecule has 0 rings (SSSR count). The third-order valence-electron chi connectivity index (χ3n) is 7.79. The smallest absolute Gasteiger partial charge is 0.105 e. The zero-order valence-electron chi connectivity index (χ0n) is 25.5. The van der Waals surface area contributed by atoms with Gasteiger partial charge in [0.25, 0.3) is 0 Å². The van der Waals surface area contributed by atoms with Crippen molar-refractivity contribution in [2.45, 2.75) is 199 Å². The van der Waals surface area contributed by atoms with E-state index in [1.807, 2.05) is 0 Å². The minimum Gasteiger partial charge on any atom is -0.395 e. The molecule has 0 aromatic carbocycles. The van der Waals surface area contributed by atoms with Gasteiger partial charge in [-0.3, -0.25) is 5.32 Å². The Labute approximate surface area is 233 Å². The molecule has 3 heteroatoms. The molecule has 0 aromatic heterocycles.